The van der Waals surface area contributed by atoms with Crippen molar-refractivity contribution in [3.05, 3.63) is 81.0 Å². The molecule has 0 aliphatic heterocycles. The molecule has 0 bridgehead atoms. The van der Waals surface area contributed by atoms with Crippen LogP contribution >= 0.6 is 27.5 Å². The maximum atomic E-state index is 12.1. The molecule has 1 amide bonds. The summed E-state index contributed by atoms with van der Waals surface area (Å²) in [7, 11) is 1.71. The van der Waals surface area contributed by atoms with Gasteiger partial charge >= 0.3 is 5.97 Å². The number of hydrogen-bond acceptors (Lipinski definition) is 5. The van der Waals surface area contributed by atoms with Gasteiger partial charge in [-0.1, -0.05) is 23.7 Å². The minimum Gasteiger partial charge on any atom is -0.422 e. The summed E-state index contributed by atoms with van der Waals surface area (Å²) < 4.78 is 7.35. The highest BCUT2D eigenvalue weighted by Gasteiger charge is 2.16. The lowest BCUT2D eigenvalue weighted by Crippen LogP contribution is -2.17. The van der Waals surface area contributed by atoms with E-state index < -0.39 is 11.9 Å². The fourth-order valence-electron chi connectivity index (χ4n) is 2.25. The highest BCUT2D eigenvalue weighted by Crippen LogP contribution is 2.18. The predicted molar refractivity (Wildman–Crippen MR) is 109 cm³/mol. The monoisotopic (exact) mass is 460 g/mol. The van der Waals surface area contributed by atoms with Crippen molar-refractivity contribution in [2.75, 3.05) is 0 Å². The van der Waals surface area contributed by atoms with E-state index in [1.807, 2.05) is 0 Å². The first-order valence-electron chi connectivity index (χ1n) is 8.03. The quantitative estimate of drug-likeness (QED) is 0.271. The highest BCUT2D eigenvalue weighted by atomic mass is 79.9. The molecule has 0 aliphatic carbocycles. The van der Waals surface area contributed by atoms with E-state index in [1.54, 1.807) is 61.8 Å². The van der Waals surface area contributed by atoms with Crippen LogP contribution in [0.5, 0.6) is 5.75 Å². The number of benzene rings is 2. The average Bonchev–Trinajstić information content (AvgIpc) is 3.01. The Labute approximate surface area is 174 Å². The van der Waals surface area contributed by atoms with Crippen LogP contribution in [0.1, 0.15) is 26.4 Å². The van der Waals surface area contributed by atoms with Crippen molar-refractivity contribution in [3.8, 4) is 5.75 Å². The van der Waals surface area contributed by atoms with E-state index in [2.05, 4.69) is 31.6 Å². The molecule has 9 heteroatoms. The molecular formula is C19H14BrClN4O3. The van der Waals surface area contributed by atoms with Gasteiger partial charge in [0, 0.05) is 13.2 Å². The number of carbonyl (C=O) groups excluding carboxylic acids is 2. The first-order valence-corrected chi connectivity index (χ1v) is 9.20. The van der Waals surface area contributed by atoms with E-state index in [4.69, 9.17) is 16.3 Å². The lowest BCUT2D eigenvalue weighted by Gasteiger charge is -2.03. The molecule has 0 fully saturated rings. The Bertz CT molecular complexity index is 1050. The smallest absolute Gasteiger partial charge is 0.365 e. The summed E-state index contributed by atoms with van der Waals surface area (Å²) in [6.45, 7) is 0. The van der Waals surface area contributed by atoms with Gasteiger partial charge < -0.3 is 4.74 Å². The Morgan fingerprint density at radius 3 is 2.57 bits per heavy atom. The Morgan fingerprint density at radius 1 is 1.21 bits per heavy atom. The maximum Gasteiger partial charge on any atom is 0.365 e. The van der Waals surface area contributed by atoms with Crippen LogP contribution in [-0.4, -0.2) is 27.9 Å². The number of rotatable bonds is 5. The van der Waals surface area contributed by atoms with Crippen molar-refractivity contribution in [1.82, 2.24) is 15.2 Å². The number of hydrogen-bond donors (Lipinski definition) is 1. The van der Waals surface area contributed by atoms with Crippen LogP contribution in [-0.2, 0) is 7.05 Å². The minimum atomic E-state index is -0.569. The van der Waals surface area contributed by atoms with Gasteiger partial charge in [-0.25, -0.2) is 10.2 Å². The second-order valence-corrected chi connectivity index (χ2v) is 6.90. The number of esters is 1. The third-order valence-electron chi connectivity index (χ3n) is 3.57. The van der Waals surface area contributed by atoms with Gasteiger partial charge in [0.15, 0.2) is 5.69 Å². The summed E-state index contributed by atoms with van der Waals surface area (Å²) in [4.78, 5) is 24.1. The molecule has 28 heavy (non-hydrogen) atoms. The Morgan fingerprint density at radius 2 is 1.93 bits per heavy atom. The van der Waals surface area contributed by atoms with Gasteiger partial charge in [-0.3, -0.25) is 9.48 Å². The van der Waals surface area contributed by atoms with Gasteiger partial charge in [0.05, 0.1) is 21.3 Å². The van der Waals surface area contributed by atoms with Crippen molar-refractivity contribution in [2.24, 2.45) is 12.1 Å². The van der Waals surface area contributed by atoms with Gasteiger partial charge in [-0.2, -0.15) is 10.2 Å². The summed E-state index contributed by atoms with van der Waals surface area (Å²) in [5, 5.41) is 8.29. The number of halogens is 2. The van der Waals surface area contributed by atoms with E-state index >= 15 is 0 Å². The lowest BCUT2D eigenvalue weighted by molar-refractivity contribution is 0.0726. The normalized spacial score (nSPS) is 10.8. The molecule has 3 aromatic rings. The third kappa shape index (κ3) is 4.85. The van der Waals surface area contributed by atoms with Crippen molar-refractivity contribution in [1.29, 1.82) is 0 Å². The van der Waals surface area contributed by atoms with Gasteiger partial charge in [-0.05, 0) is 57.9 Å². The van der Waals surface area contributed by atoms with Crippen molar-refractivity contribution >= 4 is 45.6 Å². The molecule has 1 N–H and O–H groups in total. The molecular weight excluding hydrogens is 448 g/mol. The molecule has 1 heterocycles. The molecule has 0 unspecified atom stereocenters. The third-order valence-corrected chi connectivity index (χ3v) is 4.48. The number of aryl methyl sites for hydroxylation is 1. The van der Waals surface area contributed by atoms with Gasteiger partial charge in [0.1, 0.15) is 5.75 Å². The first-order chi connectivity index (χ1) is 13.4. The average molecular weight is 462 g/mol. The van der Waals surface area contributed by atoms with E-state index in [-0.39, 0.29) is 5.69 Å². The standard InChI is InChI=1S/C19H14BrClN4O3/c1-25-11-15(20)17(24-25)19(27)28-13-8-6-12(7-9-13)10-22-23-18(26)14-4-2-3-5-16(14)21/h2-11H,1H3,(H,23,26)/b22-10-. The molecule has 7 nitrogen and oxygen atoms in total. The second kappa shape index (κ2) is 8.81. The SMILES string of the molecule is Cn1cc(Br)c(C(=O)Oc2ccc(/C=N\NC(=O)c3ccccc3Cl)cc2)n1. The number of hydrazone groups is 1. The van der Waals surface area contributed by atoms with Crippen molar-refractivity contribution in [2.45, 2.75) is 0 Å². The molecule has 0 saturated carbocycles. The maximum absolute atomic E-state index is 12.1. The van der Waals surface area contributed by atoms with Crippen LogP contribution < -0.4 is 10.2 Å². The fraction of sp³-hybridized carbons (Fsp3) is 0.0526. The number of ether oxygens (including phenoxy) is 1. The summed E-state index contributed by atoms with van der Waals surface area (Å²) in [5.41, 5.74) is 3.64. The zero-order valence-corrected chi connectivity index (χ0v) is 16.9. The number of aromatic nitrogens is 2. The molecule has 2 aromatic carbocycles. The van der Waals surface area contributed by atoms with Crippen LogP contribution in [0.4, 0.5) is 0 Å². The van der Waals surface area contributed by atoms with Crippen molar-refractivity contribution < 1.29 is 14.3 Å². The molecule has 0 spiro atoms. The highest BCUT2D eigenvalue weighted by molar-refractivity contribution is 9.10. The second-order valence-electron chi connectivity index (χ2n) is 5.64. The number of carbonyl (C=O) groups is 2. The summed E-state index contributed by atoms with van der Waals surface area (Å²) in [5.74, 6) is -0.617. The number of nitrogens with one attached hydrogen (secondary N) is 1. The first kappa shape index (κ1) is 19.8. The zero-order chi connectivity index (χ0) is 20.1. The molecule has 0 atom stereocenters. The van der Waals surface area contributed by atoms with Crippen LogP contribution in [0.15, 0.2) is 64.3 Å². The summed E-state index contributed by atoms with van der Waals surface area (Å²) >= 11 is 9.23. The van der Waals surface area contributed by atoms with E-state index in [9.17, 15) is 9.59 Å². The van der Waals surface area contributed by atoms with E-state index in [0.29, 0.717) is 26.4 Å². The Balaban J connectivity index is 1.59. The summed E-state index contributed by atoms with van der Waals surface area (Å²) in [6.07, 6.45) is 3.13. The van der Waals surface area contributed by atoms with Gasteiger partial charge in [0.25, 0.3) is 5.91 Å². The van der Waals surface area contributed by atoms with Crippen LogP contribution in [0, 0.1) is 0 Å². The number of nitrogens with zero attached hydrogens (tertiary/aromatic N) is 3. The van der Waals surface area contributed by atoms with E-state index in [0.717, 1.165) is 0 Å². The Hall–Kier alpha value is -2.97. The molecule has 0 aliphatic rings. The molecule has 3 rings (SSSR count). The largest absolute Gasteiger partial charge is 0.422 e. The molecule has 0 radical (unpaired) electrons. The minimum absolute atomic E-state index is 0.190. The van der Waals surface area contributed by atoms with Gasteiger partial charge in [0.2, 0.25) is 0 Å². The Kier molecular flexibility index (Phi) is 6.23. The molecule has 0 saturated heterocycles. The van der Waals surface area contributed by atoms with Crippen LogP contribution in [0.2, 0.25) is 5.02 Å². The van der Waals surface area contributed by atoms with Gasteiger partial charge in [-0.15, -0.1) is 0 Å². The lowest BCUT2D eigenvalue weighted by atomic mass is 10.2. The zero-order valence-electron chi connectivity index (χ0n) is 14.6. The number of amides is 1. The molecule has 142 valence electrons. The van der Waals surface area contributed by atoms with Crippen molar-refractivity contribution in [3.63, 3.8) is 0 Å². The topological polar surface area (TPSA) is 85.6 Å². The predicted octanol–water partition coefficient (Wildman–Crippen LogP) is 3.82. The summed E-state index contributed by atoms with van der Waals surface area (Å²) in [6, 6.07) is 13.3. The van der Waals surface area contributed by atoms with Crippen LogP contribution in [0.3, 0.4) is 0 Å². The molecule has 1 aromatic heterocycles. The van der Waals surface area contributed by atoms with Crippen LogP contribution in [0.25, 0.3) is 0 Å². The fourth-order valence-corrected chi connectivity index (χ4v) is 3.01. The van der Waals surface area contributed by atoms with E-state index in [1.165, 1.54) is 10.9 Å².